The lowest BCUT2D eigenvalue weighted by Crippen LogP contribution is -2.10. The molecule has 2 aromatic carbocycles. The van der Waals surface area contributed by atoms with Gasteiger partial charge in [-0.2, -0.15) is 16.8 Å². The van der Waals surface area contributed by atoms with Gasteiger partial charge in [-0.15, -0.1) is 0 Å². The average molecular weight is 430 g/mol. The van der Waals surface area contributed by atoms with Crippen LogP contribution in [0.5, 0.6) is 0 Å². The van der Waals surface area contributed by atoms with Crippen molar-refractivity contribution in [1.29, 1.82) is 0 Å². The molecule has 0 bridgehead atoms. The Morgan fingerprint density at radius 1 is 0.679 bits per heavy atom. The molecule has 4 N–H and O–H groups in total. The van der Waals surface area contributed by atoms with E-state index in [4.69, 9.17) is 0 Å². The number of hydrogen-bond acceptors (Lipinski definition) is 6. The van der Waals surface area contributed by atoms with Crippen LogP contribution in [-0.4, -0.2) is 48.1 Å². The summed E-state index contributed by atoms with van der Waals surface area (Å²) in [5, 5.41) is 18.6. The van der Waals surface area contributed by atoms with E-state index in [0.717, 1.165) is 38.1 Å². The zero-order chi connectivity index (χ0) is 21.6. The van der Waals surface area contributed by atoms with E-state index in [1.54, 1.807) is 0 Å². The largest absolute Gasteiger partial charge is 0.478 e. The van der Waals surface area contributed by atoms with Gasteiger partial charge >= 0.3 is 11.9 Å². The maximum atomic E-state index is 11.6. The fraction of sp³-hybridized carbons (Fsp3) is 0.125. The van der Waals surface area contributed by atoms with Crippen LogP contribution >= 0.6 is 0 Å². The molecule has 0 amide bonds. The molecule has 0 aliphatic heterocycles. The van der Waals surface area contributed by atoms with Gasteiger partial charge in [0.2, 0.25) is 0 Å². The lowest BCUT2D eigenvalue weighted by molar-refractivity contribution is 0.0684. The standard InChI is InChI=1S/C16H14O10S2/c1-7-11(15(17)18)3-9(5-13(7)27(21,22)23)10-4-12(16(19)20)8(2)14(6-10)28(24,25)26/h3-6H,1-2H3,(H,17,18)(H,19,20)(H,21,22,23)(H,24,25,26). The molecule has 0 saturated heterocycles. The third-order valence-corrected chi connectivity index (χ3v) is 6.03. The summed E-state index contributed by atoms with van der Waals surface area (Å²) in [5.41, 5.74) is -1.92. The van der Waals surface area contributed by atoms with Crippen molar-refractivity contribution in [2.24, 2.45) is 0 Å². The zero-order valence-electron chi connectivity index (χ0n) is 14.4. The predicted molar refractivity (Wildman–Crippen MR) is 94.9 cm³/mol. The van der Waals surface area contributed by atoms with Gasteiger partial charge < -0.3 is 10.2 Å². The highest BCUT2D eigenvalue weighted by Gasteiger charge is 2.24. The van der Waals surface area contributed by atoms with Crippen LogP contribution in [0.3, 0.4) is 0 Å². The topological polar surface area (TPSA) is 183 Å². The quantitative estimate of drug-likeness (QED) is 0.510. The predicted octanol–water partition coefficient (Wildman–Crippen LogP) is 1.86. The molecule has 2 rings (SSSR count). The summed E-state index contributed by atoms with van der Waals surface area (Å²) in [5.74, 6) is -3.05. The minimum absolute atomic E-state index is 0.192. The number of hydrogen-bond donors (Lipinski definition) is 4. The average Bonchev–Trinajstić information content (AvgIpc) is 2.52. The second-order valence-electron chi connectivity index (χ2n) is 5.85. The van der Waals surface area contributed by atoms with Gasteiger partial charge in [0, 0.05) is 0 Å². The Hall–Kier alpha value is -2.80. The lowest BCUT2D eigenvalue weighted by atomic mass is 9.96. The van der Waals surface area contributed by atoms with Crippen molar-refractivity contribution in [3.8, 4) is 11.1 Å². The molecule has 28 heavy (non-hydrogen) atoms. The van der Waals surface area contributed by atoms with Crippen molar-refractivity contribution >= 4 is 32.2 Å². The third-order valence-electron chi connectivity index (χ3n) is 4.07. The summed E-state index contributed by atoms with van der Waals surface area (Å²) in [6.45, 7) is 2.30. The van der Waals surface area contributed by atoms with Crippen molar-refractivity contribution < 1.29 is 45.7 Å². The molecular formula is C16H14O10S2. The molecule has 0 aliphatic rings. The van der Waals surface area contributed by atoms with Gasteiger partial charge in [0.25, 0.3) is 20.2 Å². The Balaban J connectivity index is 3.00. The van der Waals surface area contributed by atoms with Crippen LogP contribution in [0.25, 0.3) is 11.1 Å². The van der Waals surface area contributed by atoms with Crippen molar-refractivity contribution in [2.75, 3.05) is 0 Å². The first kappa shape index (κ1) is 21.5. The van der Waals surface area contributed by atoms with E-state index in [1.165, 1.54) is 0 Å². The van der Waals surface area contributed by atoms with Crippen LogP contribution in [0.2, 0.25) is 0 Å². The molecule has 0 atom stereocenters. The minimum Gasteiger partial charge on any atom is -0.478 e. The van der Waals surface area contributed by atoms with E-state index in [2.05, 4.69) is 0 Å². The van der Waals surface area contributed by atoms with Crippen LogP contribution in [0.15, 0.2) is 34.1 Å². The maximum absolute atomic E-state index is 11.6. The Kier molecular flexibility index (Phi) is 5.36. The number of benzene rings is 2. The molecule has 0 aliphatic carbocycles. The Morgan fingerprint density at radius 3 is 1.18 bits per heavy atom. The first-order chi connectivity index (χ1) is 12.6. The molecule has 0 spiro atoms. The van der Waals surface area contributed by atoms with E-state index in [0.29, 0.717) is 0 Å². The maximum Gasteiger partial charge on any atom is 0.336 e. The van der Waals surface area contributed by atoms with Crippen LogP contribution in [0.4, 0.5) is 0 Å². The number of carboxylic acids is 2. The van der Waals surface area contributed by atoms with Gasteiger partial charge in [-0.05, 0) is 60.4 Å². The van der Waals surface area contributed by atoms with Crippen molar-refractivity contribution in [3.05, 3.63) is 46.5 Å². The van der Waals surface area contributed by atoms with Crippen LogP contribution in [0, 0.1) is 13.8 Å². The smallest absolute Gasteiger partial charge is 0.336 e. The summed E-state index contributed by atoms with van der Waals surface area (Å²) in [7, 11) is -9.68. The summed E-state index contributed by atoms with van der Waals surface area (Å²) >= 11 is 0. The number of aromatic carboxylic acids is 2. The van der Waals surface area contributed by atoms with Gasteiger partial charge in [0.05, 0.1) is 20.9 Å². The Morgan fingerprint density at radius 2 is 0.964 bits per heavy atom. The lowest BCUT2D eigenvalue weighted by Gasteiger charge is -2.14. The van der Waals surface area contributed by atoms with Crippen molar-refractivity contribution in [2.45, 2.75) is 23.6 Å². The molecular weight excluding hydrogens is 416 g/mol. The minimum atomic E-state index is -4.84. The fourth-order valence-electron chi connectivity index (χ4n) is 2.69. The number of rotatable bonds is 5. The highest BCUT2D eigenvalue weighted by atomic mass is 32.2. The van der Waals surface area contributed by atoms with Gasteiger partial charge in [0.15, 0.2) is 0 Å². The molecule has 0 radical (unpaired) electrons. The zero-order valence-corrected chi connectivity index (χ0v) is 16.0. The van der Waals surface area contributed by atoms with Gasteiger partial charge in [-0.25, -0.2) is 9.59 Å². The number of carboxylic acid groups (broad SMARTS) is 2. The van der Waals surface area contributed by atoms with Crippen molar-refractivity contribution in [3.63, 3.8) is 0 Å². The van der Waals surface area contributed by atoms with Crippen LogP contribution < -0.4 is 0 Å². The first-order valence-electron chi connectivity index (χ1n) is 7.35. The highest BCUT2D eigenvalue weighted by molar-refractivity contribution is 7.86. The highest BCUT2D eigenvalue weighted by Crippen LogP contribution is 2.32. The third kappa shape index (κ3) is 4.04. The summed E-state index contributed by atoms with van der Waals surface area (Å²) < 4.78 is 65.1. The molecule has 0 aromatic heterocycles. The first-order valence-corrected chi connectivity index (χ1v) is 10.2. The van der Waals surface area contributed by atoms with Crippen LogP contribution in [0.1, 0.15) is 31.8 Å². The molecule has 0 unspecified atom stereocenters. The summed E-state index contributed by atoms with van der Waals surface area (Å²) in [6.07, 6.45) is 0. The fourth-order valence-corrected chi connectivity index (χ4v) is 4.23. The van der Waals surface area contributed by atoms with E-state index < -0.39 is 53.1 Å². The summed E-state index contributed by atoms with van der Waals surface area (Å²) in [6, 6.07) is 3.75. The van der Waals surface area contributed by atoms with Gasteiger partial charge in [0.1, 0.15) is 0 Å². The Labute approximate surface area is 159 Å². The van der Waals surface area contributed by atoms with E-state index >= 15 is 0 Å². The molecule has 0 saturated carbocycles. The second-order valence-corrected chi connectivity index (χ2v) is 8.63. The van der Waals surface area contributed by atoms with E-state index in [1.807, 2.05) is 0 Å². The molecule has 0 fully saturated rings. The van der Waals surface area contributed by atoms with E-state index in [9.17, 15) is 45.7 Å². The second kappa shape index (κ2) is 6.98. The van der Waals surface area contributed by atoms with Crippen LogP contribution in [-0.2, 0) is 20.2 Å². The number of carbonyl (C=O) groups is 2. The monoisotopic (exact) mass is 430 g/mol. The molecule has 10 nitrogen and oxygen atoms in total. The normalized spacial score (nSPS) is 12.0. The van der Waals surface area contributed by atoms with Crippen molar-refractivity contribution in [1.82, 2.24) is 0 Å². The summed E-state index contributed by atoms with van der Waals surface area (Å²) in [4.78, 5) is 21.4. The van der Waals surface area contributed by atoms with Gasteiger partial charge in [-0.1, -0.05) is 0 Å². The molecule has 150 valence electrons. The SMILES string of the molecule is Cc1c(C(=O)O)cc(-c2cc(C(=O)O)c(C)c(S(=O)(=O)O)c2)cc1S(=O)(=O)O. The molecule has 2 aromatic rings. The molecule has 0 heterocycles. The molecule has 12 heteroatoms. The van der Waals surface area contributed by atoms with Gasteiger partial charge in [-0.3, -0.25) is 9.11 Å². The Bertz CT molecular complexity index is 1130. The van der Waals surface area contributed by atoms with E-state index in [-0.39, 0.29) is 22.3 Å².